The summed E-state index contributed by atoms with van der Waals surface area (Å²) in [5, 5.41) is 9.44. The van der Waals surface area contributed by atoms with Gasteiger partial charge in [0, 0.05) is 35.5 Å². The zero-order chi connectivity index (χ0) is 13.2. The van der Waals surface area contributed by atoms with Crippen molar-refractivity contribution in [3.05, 3.63) is 21.8 Å². The maximum atomic E-state index is 5.35. The van der Waals surface area contributed by atoms with Gasteiger partial charge in [-0.05, 0) is 28.9 Å². The Kier molecular flexibility index (Phi) is 5.57. The summed E-state index contributed by atoms with van der Waals surface area (Å²) in [4.78, 5) is 7.85. The van der Waals surface area contributed by atoms with Crippen LogP contribution in [0.25, 0.3) is 10.7 Å². The number of aromatic nitrogens is 2. The van der Waals surface area contributed by atoms with Gasteiger partial charge in [-0.2, -0.15) is 4.98 Å². The van der Waals surface area contributed by atoms with Gasteiger partial charge in [0.1, 0.15) is 0 Å². The second-order valence-corrected chi connectivity index (χ2v) is 6.49. The minimum atomic E-state index is 0. The molecule has 8 heteroatoms. The molecule has 0 aromatic carbocycles. The maximum Gasteiger partial charge on any atom is 0.241 e. The number of halogens is 2. The lowest BCUT2D eigenvalue weighted by Gasteiger charge is -2.32. The molecular formula is C12H16BrClN4OS. The van der Waals surface area contributed by atoms with Gasteiger partial charge in [0.25, 0.3) is 0 Å². The predicted molar refractivity (Wildman–Crippen MR) is 85.3 cm³/mol. The maximum absolute atomic E-state index is 5.35. The monoisotopic (exact) mass is 378 g/mol. The third-order valence-corrected chi connectivity index (χ3v) is 4.92. The second-order valence-electron chi connectivity index (χ2n) is 4.66. The van der Waals surface area contributed by atoms with Crippen molar-refractivity contribution in [2.45, 2.75) is 19.5 Å². The summed E-state index contributed by atoms with van der Waals surface area (Å²) in [5.41, 5.74) is 0. The molecule has 1 aliphatic heterocycles. The topological polar surface area (TPSA) is 54.2 Å². The first-order chi connectivity index (χ1) is 9.22. The molecular weight excluding hydrogens is 364 g/mol. The van der Waals surface area contributed by atoms with Gasteiger partial charge in [-0.25, -0.2) is 0 Å². The Balaban J connectivity index is 0.00000147. The Morgan fingerprint density at radius 1 is 1.60 bits per heavy atom. The van der Waals surface area contributed by atoms with Crippen molar-refractivity contribution in [2.24, 2.45) is 0 Å². The molecule has 1 N–H and O–H groups in total. The van der Waals surface area contributed by atoms with Crippen LogP contribution in [0, 0.1) is 0 Å². The first-order valence-electron chi connectivity index (χ1n) is 6.24. The van der Waals surface area contributed by atoms with Gasteiger partial charge in [-0.15, -0.1) is 23.7 Å². The summed E-state index contributed by atoms with van der Waals surface area (Å²) in [6, 6.07) is 2.51. The third-order valence-electron chi connectivity index (χ3n) is 3.23. The van der Waals surface area contributed by atoms with Crippen LogP contribution < -0.4 is 5.32 Å². The Hall–Kier alpha value is -0.470. The Labute approximate surface area is 136 Å². The molecule has 0 radical (unpaired) electrons. The van der Waals surface area contributed by atoms with E-state index in [9.17, 15) is 0 Å². The number of rotatable bonds is 3. The van der Waals surface area contributed by atoms with Crippen molar-refractivity contribution in [3.63, 3.8) is 0 Å². The Morgan fingerprint density at radius 2 is 2.45 bits per heavy atom. The molecule has 0 saturated carbocycles. The lowest BCUT2D eigenvalue weighted by Crippen LogP contribution is -2.49. The molecule has 2 aromatic heterocycles. The summed E-state index contributed by atoms with van der Waals surface area (Å²) in [6.07, 6.45) is 0. The van der Waals surface area contributed by atoms with Gasteiger partial charge in [0.15, 0.2) is 0 Å². The van der Waals surface area contributed by atoms with E-state index in [2.05, 4.69) is 43.2 Å². The van der Waals surface area contributed by atoms with Gasteiger partial charge in [-0.3, -0.25) is 4.90 Å². The Morgan fingerprint density at radius 3 is 3.15 bits per heavy atom. The highest BCUT2D eigenvalue weighted by Crippen LogP contribution is 2.27. The molecule has 5 nitrogen and oxygen atoms in total. The van der Waals surface area contributed by atoms with E-state index in [1.807, 2.05) is 11.4 Å². The third kappa shape index (κ3) is 3.59. The van der Waals surface area contributed by atoms with Gasteiger partial charge in [-0.1, -0.05) is 5.16 Å². The summed E-state index contributed by atoms with van der Waals surface area (Å²) < 4.78 is 6.40. The average Bonchev–Trinajstić information content (AvgIpc) is 3.01. The quantitative estimate of drug-likeness (QED) is 0.889. The molecule has 0 bridgehead atoms. The molecule has 3 heterocycles. The standard InChI is InChI=1S/C12H15BrN4OS.ClH/c1-8-5-14-2-3-17(8)6-11-15-12(16-18-11)10-4-9(13)7-19-10;/h4,7-8,14H,2-3,5-6H2,1H3;1H/t8-;/m1./s1. The van der Waals surface area contributed by atoms with E-state index in [-0.39, 0.29) is 12.4 Å². The number of piperazine rings is 1. The van der Waals surface area contributed by atoms with Crippen LogP contribution in [0.2, 0.25) is 0 Å². The van der Waals surface area contributed by atoms with E-state index >= 15 is 0 Å². The number of hydrogen-bond donors (Lipinski definition) is 1. The van der Waals surface area contributed by atoms with Crippen LogP contribution in [0.15, 0.2) is 20.4 Å². The highest BCUT2D eigenvalue weighted by atomic mass is 79.9. The second kappa shape index (κ2) is 7.00. The van der Waals surface area contributed by atoms with Crippen molar-refractivity contribution in [2.75, 3.05) is 19.6 Å². The molecule has 20 heavy (non-hydrogen) atoms. The minimum Gasteiger partial charge on any atom is -0.338 e. The van der Waals surface area contributed by atoms with Crippen molar-refractivity contribution in [1.29, 1.82) is 0 Å². The largest absolute Gasteiger partial charge is 0.338 e. The Bertz CT molecular complexity index is 561. The molecule has 1 saturated heterocycles. The SMILES string of the molecule is C[C@@H]1CNCCN1Cc1nc(-c2cc(Br)cs2)no1.Cl. The van der Waals surface area contributed by atoms with Crippen molar-refractivity contribution in [3.8, 4) is 10.7 Å². The fourth-order valence-corrected chi connectivity index (χ4v) is 3.49. The van der Waals surface area contributed by atoms with E-state index in [1.54, 1.807) is 11.3 Å². The van der Waals surface area contributed by atoms with Crippen LogP contribution in [0.4, 0.5) is 0 Å². The van der Waals surface area contributed by atoms with E-state index < -0.39 is 0 Å². The van der Waals surface area contributed by atoms with Crippen LogP contribution in [0.3, 0.4) is 0 Å². The molecule has 1 fully saturated rings. The van der Waals surface area contributed by atoms with E-state index in [1.165, 1.54) is 0 Å². The number of thiophene rings is 1. The lowest BCUT2D eigenvalue weighted by atomic mass is 10.2. The highest BCUT2D eigenvalue weighted by Gasteiger charge is 2.20. The van der Waals surface area contributed by atoms with E-state index in [4.69, 9.17) is 4.52 Å². The fraction of sp³-hybridized carbons (Fsp3) is 0.500. The first kappa shape index (κ1) is 15.9. The molecule has 3 rings (SSSR count). The van der Waals surface area contributed by atoms with Gasteiger partial charge >= 0.3 is 0 Å². The first-order valence-corrected chi connectivity index (χ1v) is 7.91. The molecule has 1 atom stereocenters. The van der Waals surface area contributed by atoms with Crippen LogP contribution in [-0.2, 0) is 6.54 Å². The number of hydrogen-bond acceptors (Lipinski definition) is 6. The zero-order valence-corrected chi connectivity index (χ0v) is 14.2. The van der Waals surface area contributed by atoms with Crippen LogP contribution >= 0.6 is 39.7 Å². The summed E-state index contributed by atoms with van der Waals surface area (Å²) >= 11 is 5.04. The lowest BCUT2D eigenvalue weighted by molar-refractivity contribution is 0.146. The molecule has 0 aliphatic carbocycles. The van der Waals surface area contributed by atoms with E-state index in [0.29, 0.717) is 17.8 Å². The summed E-state index contributed by atoms with van der Waals surface area (Å²) in [5.74, 6) is 1.36. The van der Waals surface area contributed by atoms with Gasteiger partial charge in [0.2, 0.25) is 11.7 Å². The smallest absolute Gasteiger partial charge is 0.241 e. The average molecular weight is 380 g/mol. The number of nitrogens with one attached hydrogen (secondary N) is 1. The van der Waals surface area contributed by atoms with Crippen molar-refractivity contribution < 1.29 is 4.52 Å². The molecule has 0 amide bonds. The fourth-order valence-electron chi connectivity index (χ4n) is 2.14. The molecule has 0 spiro atoms. The molecule has 0 unspecified atom stereocenters. The minimum absolute atomic E-state index is 0. The summed E-state index contributed by atoms with van der Waals surface area (Å²) in [6.45, 7) is 5.98. The van der Waals surface area contributed by atoms with E-state index in [0.717, 1.165) is 35.5 Å². The highest BCUT2D eigenvalue weighted by molar-refractivity contribution is 9.10. The molecule has 2 aromatic rings. The van der Waals surface area contributed by atoms with Gasteiger partial charge in [0.05, 0.1) is 11.4 Å². The van der Waals surface area contributed by atoms with Crippen molar-refractivity contribution in [1.82, 2.24) is 20.4 Å². The predicted octanol–water partition coefficient (Wildman–Crippen LogP) is 2.78. The normalized spacial score (nSPS) is 19.8. The van der Waals surface area contributed by atoms with Crippen LogP contribution in [0.5, 0.6) is 0 Å². The number of nitrogens with zero attached hydrogens (tertiary/aromatic N) is 3. The van der Waals surface area contributed by atoms with Gasteiger partial charge < -0.3 is 9.84 Å². The van der Waals surface area contributed by atoms with Crippen LogP contribution in [0.1, 0.15) is 12.8 Å². The molecule has 1 aliphatic rings. The summed E-state index contributed by atoms with van der Waals surface area (Å²) in [7, 11) is 0. The molecule has 110 valence electrons. The van der Waals surface area contributed by atoms with Crippen molar-refractivity contribution >= 4 is 39.7 Å². The van der Waals surface area contributed by atoms with Crippen LogP contribution in [-0.4, -0.2) is 40.7 Å². The zero-order valence-electron chi connectivity index (χ0n) is 11.0.